The summed E-state index contributed by atoms with van der Waals surface area (Å²) in [7, 11) is 0. The van der Waals surface area contributed by atoms with Crippen LogP contribution in [0.3, 0.4) is 0 Å². The molecule has 1 aromatic heterocycles. The molecule has 1 heterocycles. The number of rotatable bonds is 3. The van der Waals surface area contributed by atoms with Crippen LogP contribution in [0.15, 0.2) is 30.4 Å². The van der Waals surface area contributed by atoms with Crippen LogP contribution in [0, 0.1) is 20.8 Å². The van der Waals surface area contributed by atoms with E-state index in [1.807, 2.05) is 76.6 Å². The van der Waals surface area contributed by atoms with Gasteiger partial charge < -0.3 is 4.68 Å². The largest absolute Gasteiger partial charge is 0.303 e. The third-order valence-corrected chi connectivity index (χ3v) is 2.48. The van der Waals surface area contributed by atoms with Gasteiger partial charge in [-0.1, -0.05) is 51.6 Å². The molecular formula is C16H25N2Y-. The first-order valence-corrected chi connectivity index (χ1v) is 6.46. The predicted octanol–water partition coefficient (Wildman–Crippen LogP) is 4.70. The second-order valence-electron chi connectivity index (χ2n) is 3.68. The maximum atomic E-state index is 4.48. The van der Waals surface area contributed by atoms with Gasteiger partial charge in [0.05, 0.1) is 0 Å². The van der Waals surface area contributed by atoms with Crippen molar-refractivity contribution in [2.75, 3.05) is 0 Å². The first-order valence-electron chi connectivity index (χ1n) is 6.46. The molecule has 0 amide bonds. The maximum absolute atomic E-state index is 4.48. The summed E-state index contributed by atoms with van der Waals surface area (Å²) in [5, 5.41) is 4.48. The van der Waals surface area contributed by atoms with Crippen LogP contribution in [0.1, 0.15) is 44.6 Å². The van der Waals surface area contributed by atoms with E-state index in [1.165, 1.54) is 0 Å². The average molecular weight is 334 g/mol. The van der Waals surface area contributed by atoms with Gasteiger partial charge in [-0.3, -0.25) is 5.10 Å². The monoisotopic (exact) mass is 334 g/mol. The van der Waals surface area contributed by atoms with Crippen LogP contribution in [0.5, 0.6) is 0 Å². The van der Waals surface area contributed by atoms with E-state index in [9.17, 15) is 0 Å². The molecule has 1 aromatic rings. The minimum atomic E-state index is 0. The van der Waals surface area contributed by atoms with Gasteiger partial charge in [-0.05, 0) is 31.7 Å². The molecule has 0 spiro atoms. The Kier molecular flexibility index (Phi) is 12.3. The summed E-state index contributed by atoms with van der Waals surface area (Å²) in [6.45, 7) is 16.0. The topological polar surface area (TPSA) is 17.8 Å². The maximum Gasteiger partial charge on any atom is 0.0494 e. The summed E-state index contributed by atoms with van der Waals surface area (Å²) in [5.41, 5.74) is 4.13. The van der Waals surface area contributed by atoms with Gasteiger partial charge in [-0.25, -0.2) is 0 Å². The summed E-state index contributed by atoms with van der Waals surface area (Å²) >= 11 is 0. The zero-order valence-electron chi connectivity index (χ0n) is 13.1. The van der Waals surface area contributed by atoms with E-state index in [0.29, 0.717) is 0 Å². The van der Waals surface area contributed by atoms with Gasteiger partial charge in [0, 0.05) is 38.4 Å². The summed E-state index contributed by atoms with van der Waals surface area (Å²) in [6.07, 6.45) is 10.1. The third kappa shape index (κ3) is 5.92. The number of aryl methyl sites for hydroxylation is 1. The molecule has 1 rings (SSSR count). The molecule has 0 saturated carbocycles. The molecule has 0 saturated heterocycles. The van der Waals surface area contributed by atoms with Gasteiger partial charge in [0.25, 0.3) is 0 Å². The van der Waals surface area contributed by atoms with Gasteiger partial charge in [0.2, 0.25) is 0 Å². The Labute approximate surface area is 143 Å². The third-order valence-electron chi connectivity index (χ3n) is 2.48. The summed E-state index contributed by atoms with van der Waals surface area (Å²) in [5.74, 6) is 0. The van der Waals surface area contributed by atoms with Crippen molar-refractivity contribution in [3.05, 3.63) is 54.3 Å². The molecule has 0 aliphatic carbocycles. The molecule has 1 radical (unpaired) electrons. The fourth-order valence-electron chi connectivity index (χ4n) is 1.49. The summed E-state index contributed by atoms with van der Waals surface area (Å²) < 4.78 is 1.93. The average Bonchev–Trinajstić information content (AvgIpc) is 2.65. The van der Waals surface area contributed by atoms with Gasteiger partial charge in [-0.2, -0.15) is 12.5 Å². The first kappa shape index (κ1) is 20.7. The molecule has 2 nitrogen and oxygen atoms in total. The van der Waals surface area contributed by atoms with Crippen molar-refractivity contribution < 1.29 is 32.7 Å². The normalized spacial score (nSPS) is 11.4. The van der Waals surface area contributed by atoms with E-state index in [1.54, 1.807) is 0 Å². The quantitative estimate of drug-likeness (QED) is 0.579. The van der Waals surface area contributed by atoms with Gasteiger partial charge in [0.1, 0.15) is 0 Å². The minimum Gasteiger partial charge on any atom is -0.303 e. The number of allylic oxidation sites excluding steroid dienone is 6. The van der Waals surface area contributed by atoms with Crippen molar-refractivity contribution in [3.8, 4) is 0 Å². The van der Waals surface area contributed by atoms with Crippen LogP contribution in [-0.2, 0) is 32.7 Å². The van der Waals surface area contributed by atoms with Gasteiger partial charge >= 0.3 is 0 Å². The van der Waals surface area contributed by atoms with Crippen LogP contribution >= 0.6 is 0 Å². The number of nitrogens with zero attached hydrogens (tertiary/aromatic N) is 2. The van der Waals surface area contributed by atoms with Crippen LogP contribution < -0.4 is 0 Å². The summed E-state index contributed by atoms with van der Waals surface area (Å²) in [6, 6.07) is 0. The van der Waals surface area contributed by atoms with Crippen molar-refractivity contribution in [2.24, 2.45) is 0 Å². The Morgan fingerprint density at radius 1 is 1.16 bits per heavy atom. The van der Waals surface area contributed by atoms with Crippen LogP contribution in [-0.4, -0.2) is 9.78 Å². The molecule has 3 heteroatoms. The first-order chi connectivity index (χ1) is 8.61. The predicted molar refractivity (Wildman–Crippen MR) is 81.4 cm³/mol. The number of hydrogen-bond donors (Lipinski definition) is 0. The minimum absolute atomic E-state index is 0. The molecule has 0 aliphatic heterocycles. The Balaban J connectivity index is 0. The van der Waals surface area contributed by atoms with Crippen molar-refractivity contribution in [1.82, 2.24) is 9.78 Å². The SMILES string of the molecule is CC.[CH2-]c1c(C)nn(C(/C=C\C)=C/C=C\C)c1C.[Y]. The Hall–Kier alpha value is -0.596. The molecule has 0 bridgehead atoms. The van der Waals surface area contributed by atoms with Crippen LogP contribution in [0.25, 0.3) is 5.70 Å². The van der Waals surface area contributed by atoms with Crippen LogP contribution in [0.2, 0.25) is 0 Å². The molecule has 0 N–H and O–H groups in total. The Bertz CT molecular complexity index is 452. The fourth-order valence-corrected chi connectivity index (χ4v) is 1.49. The van der Waals surface area contributed by atoms with E-state index in [4.69, 9.17) is 0 Å². The van der Waals surface area contributed by atoms with Crippen molar-refractivity contribution >= 4 is 5.70 Å². The molecule has 103 valence electrons. The molecule has 0 aromatic carbocycles. The second kappa shape index (κ2) is 11.2. The fraction of sp³-hybridized carbons (Fsp3) is 0.375. The van der Waals surface area contributed by atoms with Crippen LogP contribution in [0.4, 0.5) is 0 Å². The van der Waals surface area contributed by atoms with E-state index in [2.05, 4.69) is 12.0 Å². The smallest absolute Gasteiger partial charge is 0.0494 e. The zero-order chi connectivity index (χ0) is 14.1. The standard InChI is InChI=1S/C14H19N2.C2H6.Y/c1-6-8-10-14(9-7-2)16-13(5)11(3)12(4)15-16;1-2;/h6-10H,3H2,1-2,4-5H3;1-2H3;/q-1;;/b8-6-,9-7-,14-10+;;. The Morgan fingerprint density at radius 2 is 1.74 bits per heavy atom. The molecular weight excluding hydrogens is 309 g/mol. The summed E-state index contributed by atoms with van der Waals surface area (Å²) in [4.78, 5) is 0. The second-order valence-corrected chi connectivity index (χ2v) is 3.68. The van der Waals surface area contributed by atoms with Crippen molar-refractivity contribution in [3.63, 3.8) is 0 Å². The molecule has 0 atom stereocenters. The molecule has 0 fully saturated rings. The zero-order valence-corrected chi connectivity index (χ0v) is 15.9. The van der Waals surface area contributed by atoms with E-state index in [0.717, 1.165) is 22.6 Å². The van der Waals surface area contributed by atoms with E-state index in [-0.39, 0.29) is 32.7 Å². The molecule has 0 unspecified atom stereocenters. The molecule has 19 heavy (non-hydrogen) atoms. The van der Waals surface area contributed by atoms with Crippen molar-refractivity contribution in [1.29, 1.82) is 0 Å². The van der Waals surface area contributed by atoms with E-state index < -0.39 is 0 Å². The number of hydrogen-bond acceptors (Lipinski definition) is 1. The van der Waals surface area contributed by atoms with Gasteiger partial charge in [-0.15, -0.1) is 0 Å². The van der Waals surface area contributed by atoms with Gasteiger partial charge in [0.15, 0.2) is 0 Å². The molecule has 0 aliphatic rings. The number of aromatic nitrogens is 2. The van der Waals surface area contributed by atoms with E-state index >= 15 is 0 Å². The van der Waals surface area contributed by atoms with Crippen molar-refractivity contribution in [2.45, 2.75) is 41.5 Å². The Morgan fingerprint density at radius 3 is 2.11 bits per heavy atom.